The van der Waals surface area contributed by atoms with E-state index in [0.29, 0.717) is 23.4 Å². The van der Waals surface area contributed by atoms with E-state index in [1.54, 1.807) is 18.2 Å². The second-order valence-corrected chi connectivity index (χ2v) is 5.94. The Bertz CT molecular complexity index is 906. The predicted molar refractivity (Wildman–Crippen MR) is 95.5 cm³/mol. The molecule has 0 bridgehead atoms. The molecule has 126 valence electrons. The normalized spacial score (nSPS) is 10.7. The van der Waals surface area contributed by atoms with Crippen LogP contribution in [-0.2, 0) is 4.74 Å². The molecule has 4 nitrogen and oxygen atoms in total. The fourth-order valence-electron chi connectivity index (χ4n) is 2.53. The third-order valence-electron chi connectivity index (χ3n) is 3.66. The lowest BCUT2D eigenvalue weighted by Crippen LogP contribution is -2.11. The Morgan fingerprint density at radius 1 is 0.960 bits per heavy atom. The van der Waals surface area contributed by atoms with Gasteiger partial charge in [-0.05, 0) is 55.3 Å². The van der Waals surface area contributed by atoms with Gasteiger partial charge in [0.15, 0.2) is 12.0 Å². The van der Waals surface area contributed by atoms with Crippen LogP contribution in [0.3, 0.4) is 0 Å². The molecular formula is C21H18O4. The summed E-state index contributed by atoms with van der Waals surface area (Å²) in [6.45, 7) is 3.64. The molecule has 0 N–H and O–H groups in total. The van der Waals surface area contributed by atoms with E-state index in [-0.39, 0.29) is 12.1 Å². The minimum atomic E-state index is -0.338. The summed E-state index contributed by atoms with van der Waals surface area (Å²) in [7, 11) is 0. The number of benzene rings is 2. The van der Waals surface area contributed by atoms with Gasteiger partial charge in [0.2, 0.25) is 0 Å². The van der Waals surface area contributed by atoms with Crippen LogP contribution in [0.15, 0.2) is 65.1 Å². The third-order valence-corrected chi connectivity index (χ3v) is 3.66. The number of carbonyl (C=O) groups is 2. The van der Waals surface area contributed by atoms with Crippen LogP contribution in [0.1, 0.15) is 34.8 Å². The molecule has 0 aliphatic heterocycles. The predicted octanol–water partition coefficient (Wildman–Crippen LogP) is 4.99. The average Bonchev–Trinajstić information content (AvgIpc) is 3.11. The molecule has 0 aliphatic carbocycles. The molecule has 0 saturated heterocycles. The Balaban J connectivity index is 1.93. The van der Waals surface area contributed by atoms with Crippen LogP contribution in [0.25, 0.3) is 22.5 Å². The van der Waals surface area contributed by atoms with Gasteiger partial charge in [-0.15, -0.1) is 0 Å². The summed E-state index contributed by atoms with van der Waals surface area (Å²) in [5.41, 5.74) is 3.22. The van der Waals surface area contributed by atoms with Crippen molar-refractivity contribution in [1.29, 1.82) is 0 Å². The van der Waals surface area contributed by atoms with Gasteiger partial charge in [0.1, 0.15) is 5.76 Å². The molecule has 0 fully saturated rings. The molecule has 2 aromatic carbocycles. The number of rotatable bonds is 5. The average molecular weight is 334 g/mol. The van der Waals surface area contributed by atoms with E-state index in [9.17, 15) is 9.59 Å². The highest BCUT2D eigenvalue weighted by atomic mass is 16.5. The standard InChI is InChI=1S/C21H18O4/c1-14(2)24-21(23)18-8-4-6-16(12-18)15-5-3-7-17(11-15)20-10-9-19(13-22)25-20/h3-14H,1-2H3. The summed E-state index contributed by atoms with van der Waals surface area (Å²) >= 11 is 0. The summed E-state index contributed by atoms with van der Waals surface area (Å²) < 4.78 is 10.7. The SMILES string of the molecule is CC(C)OC(=O)c1cccc(-c2cccc(-c3ccc(C=O)o3)c2)c1. The number of ether oxygens (including phenoxy) is 1. The van der Waals surface area contributed by atoms with Gasteiger partial charge in [0.05, 0.1) is 11.7 Å². The zero-order valence-electron chi connectivity index (χ0n) is 14.1. The van der Waals surface area contributed by atoms with Gasteiger partial charge in [-0.3, -0.25) is 4.79 Å². The third kappa shape index (κ3) is 3.86. The van der Waals surface area contributed by atoms with Gasteiger partial charge in [0, 0.05) is 5.56 Å². The fraction of sp³-hybridized carbons (Fsp3) is 0.143. The Hall–Kier alpha value is -3.14. The van der Waals surface area contributed by atoms with Gasteiger partial charge >= 0.3 is 5.97 Å². The molecule has 25 heavy (non-hydrogen) atoms. The molecule has 0 unspecified atom stereocenters. The maximum atomic E-state index is 12.1. The monoisotopic (exact) mass is 334 g/mol. The van der Waals surface area contributed by atoms with Gasteiger partial charge in [-0.1, -0.05) is 30.3 Å². The van der Waals surface area contributed by atoms with Gasteiger partial charge in [-0.2, -0.15) is 0 Å². The minimum absolute atomic E-state index is 0.162. The van der Waals surface area contributed by atoms with Crippen LogP contribution in [0.2, 0.25) is 0 Å². The van der Waals surface area contributed by atoms with E-state index in [4.69, 9.17) is 9.15 Å². The van der Waals surface area contributed by atoms with Gasteiger partial charge in [0.25, 0.3) is 0 Å². The van der Waals surface area contributed by atoms with Gasteiger partial charge < -0.3 is 9.15 Å². The lowest BCUT2D eigenvalue weighted by molar-refractivity contribution is 0.0378. The number of hydrogen-bond donors (Lipinski definition) is 0. The Morgan fingerprint density at radius 2 is 1.64 bits per heavy atom. The van der Waals surface area contributed by atoms with E-state index < -0.39 is 0 Å². The molecule has 0 saturated carbocycles. The van der Waals surface area contributed by atoms with Crippen LogP contribution in [-0.4, -0.2) is 18.4 Å². The fourth-order valence-corrected chi connectivity index (χ4v) is 2.53. The number of carbonyl (C=O) groups excluding carboxylic acids is 2. The molecule has 1 heterocycles. The summed E-state index contributed by atoms with van der Waals surface area (Å²) in [6.07, 6.45) is 0.516. The molecule has 3 rings (SSSR count). The first kappa shape index (κ1) is 16.7. The van der Waals surface area contributed by atoms with E-state index in [2.05, 4.69) is 0 Å². The van der Waals surface area contributed by atoms with Crippen molar-refractivity contribution in [1.82, 2.24) is 0 Å². The van der Waals surface area contributed by atoms with Crippen molar-refractivity contribution in [3.63, 3.8) is 0 Å². The lowest BCUT2D eigenvalue weighted by Gasteiger charge is -2.09. The molecule has 0 atom stereocenters. The summed E-state index contributed by atoms with van der Waals surface area (Å²) in [5, 5.41) is 0. The first-order valence-corrected chi connectivity index (χ1v) is 8.03. The zero-order valence-corrected chi connectivity index (χ0v) is 14.1. The highest BCUT2D eigenvalue weighted by molar-refractivity contribution is 5.91. The molecule has 0 spiro atoms. The lowest BCUT2D eigenvalue weighted by atomic mass is 10.0. The number of hydrogen-bond acceptors (Lipinski definition) is 4. The second-order valence-electron chi connectivity index (χ2n) is 5.94. The van der Waals surface area contributed by atoms with Crippen LogP contribution < -0.4 is 0 Å². The van der Waals surface area contributed by atoms with E-state index >= 15 is 0 Å². The highest BCUT2D eigenvalue weighted by Crippen LogP contribution is 2.28. The van der Waals surface area contributed by atoms with E-state index in [1.165, 1.54) is 0 Å². The summed E-state index contributed by atoms with van der Waals surface area (Å²) in [6, 6.07) is 18.4. The molecule has 1 aromatic heterocycles. The first-order valence-electron chi connectivity index (χ1n) is 8.03. The second kappa shape index (κ2) is 7.18. The summed E-state index contributed by atoms with van der Waals surface area (Å²) in [4.78, 5) is 22.9. The topological polar surface area (TPSA) is 56.5 Å². The van der Waals surface area contributed by atoms with Crippen molar-refractivity contribution in [2.45, 2.75) is 20.0 Å². The number of esters is 1. The Kier molecular flexibility index (Phi) is 4.80. The van der Waals surface area contributed by atoms with Crippen LogP contribution in [0.4, 0.5) is 0 Å². The van der Waals surface area contributed by atoms with Crippen molar-refractivity contribution in [2.24, 2.45) is 0 Å². The number of furan rings is 1. The van der Waals surface area contributed by atoms with Crippen molar-refractivity contribution in [3.05, 3.63) is 72.0 Å². The van der Waals surface area contributed by atoms with Crippen molar-refractivity contribution in [2.75, 3.05) is 0 Å². The van der Waals surface area contributed by atoms with Crippen LogP contribution in [0, 0.1) is 0 Å². The quantitative estimate of drug-likeness (QED) is 0.487. The molecule has 0 radical (unpaired) electrons. The van der Waals surface area contributed by atoms with Gasteiger partial charge in [-0.25, -0.2) is 4.79 Å². The minimum Gasteiger partial charge on any atom is -0.459 e. The molecule has 4 heteroatoms. The molecule has 0 aliphatic rings. The highest BCUT2D eigenvalue weighted by Gasteiger charge is 2.11. The summed E-state index contributed by atoms with van der Waals surface area (Å²) in [5.74, 6) is 0.577. The largest absolute Gasteiger partial charge is 0.459 e. The molecule has 0 amide bonds. The zero-order chi connectivity index (χ0) is 17.8. The van der Waals surface area contributed by atoms with Crippen molar-refractivity contribution in [3.8, 4) is 22.5 Å². The van der Waals surface area contributed by atoms with Crippen molar-refractivity contribution < 1.29 is 18.7 Å². The van der Waals surface area contributed by atoms with E-state index in [1.807, 2.05) is 56.3 Å². The smallest absolute Gasteiger partial charge is 0.338 e. The molecular weight excluding hydrogens is 316 g/mol. The first-order chi connectivity index (χ1) is 12.1. The van der Waals surface area contributed by atoms with Crippen LogP contribution >= 0.6 is 0 Å². The van der Waals surface area contributed by atoms with E-state index in [0.717, 1.165) is 16.7 Å². The Labute approximate surface area is 146 Å². The van der Waals surface area contributed by atoms with Crippen molar-refractivity contribution >= 4 is 12.3 Å². The molecule has 3 aromatic rings. The maximum Gasteiger partial charge on any atom is 0.338 e. The van der Waals surface area contributed by atoms with Crippen LogP contribution in [0.5, 0.6) is 0 Å². The maximum absolute atomic E-state index is 12.1. The Morgan fingerprint density at radius 3 is 2.32 bits per heavy atom. The number of aldehydes is 1.